The first-order chi connectivity index (χ1) is 8.50. The number of benzene rings is 1. The maximum absolute atomic E-state index is 13.5. The highest BCUT2D eigenvalue weighted by molar-refractivity contribution is 5.17. The summed E-state index contributed by atoms with van der Waals surface area (Å²) in [6, 6.07) is 6.85. The molecule has 1 atom stereocenters. The van der Waals surface area contributed by atoms with Crippen LogP contribution in [0.1, 0.15) is 32.3 Å². The van der Waals surface area contributed by atoms with Gasteiger partial charge in [-0.05, 0) is 19.5 Å². The zero-order valence-electron chi connectivity index (χ0n) is 11.6. The first-order valence-corrected chi connectivity index (χ1v) is 6.53. The number of aliphatic hydroxyl groups is 1. The monoisotopic (exact) mass is 253 g/mol. The first kappa shape index (κ1) is 15.1. The minimum atomic E-state index is -0.162. The largest absolute Gasteiger partial charge is 0.396 e. The molecule has 1 N–H and O–H groups in total. The highest BCUT2D eigenvalue weighted by atomic mass is 19.1. The fraction of sp³-hybridized carbons (Fsp3) is 0.600. The van der Waals surface area contributed by atoms with E-state index < -0.39 is 0 Å². The molecule has 0 spiro atoms. The van der Waals surface area contributed by atoms with E-state index in [1.807, 2.05) is 19.2 Å². The Balaban J connectivity index is 2.61. The third-order valence-electron chi connectivity index (χ3n) is 3.29. The molecule has 0 radical (unpaired) electrons. The lowest BCUT2D eigenvalue weighted by atomic mass is 9.86. The van der Waals surface area contributed by atoms with Gasteiger partial charge in [0.15, 0.2) is 0 Å². The third kappa shape index (κ3) is 4.39. The van der Waals surface area contributed by atoms with E-state index in [2.05, 4.69) is 18.7 Å². The smallest absolute Gasteiger partial charge is 0.127 e. The summed E-state index contributed by atoms with van der Waals surface area (Å²) in [5.74, 6) is -0.162. The van der Waals surface area contributed by atoms with E-state index in [1.165, 1.54) is 6.07 Å². The van der Waals surface area contributed by atoms with Gasteiger partial charge in [-0.1, -0.05) is 38.5 Å². The van der Waals surface area contributed by atoms with Gasteiger partial charge >= 0.3 is 0 Å². The lowest BCUT2D eigenvalue weighted by molar-refractivity contribution is 0.0874. The van der Waals surface area contributed by atoms with Gasteiger partial charge in [0.25, 0.3) is 0 Å². The van der Waals surface area contributed by atoms with Crippen molar-refractivity contribution in [2.45, 2.75) is 33.2 Å². The second-order valence-corrected chi connectivity index (χ2v) is 5.48. The van der Waals surface area contributed by atoms with Gasteiger partial charge in [0.2, 0.25) is 0 Å². The molecule has 1 aromatic rings. The molecule has 0 aliphatic rings. The molecule has 0 aliphatic carbocycles. The molecule has 0 aliphatic heterocycles. The average molecular weight is 253 g/mol. The fourth-order valence-electron chi connectivity index (χ4n) is 2.44. The summed E-state index contributed by atoms with van der Waals surface area (Å²) < 4.78 is 13.5. The standard InChI is InChI=1S/C15H24FNO/c1-4-9-15(2,12-18)11-17(3)10-13-7-5-6-8-14(13)16/h5-8,18H,4,9-12H2,1-3H3. The Kier molecular flexibility index (Phi) is 5.76. The minimum Gasteiger partial charge on any atom is -0.396 e. The highest BCUT2D eigenvalue weighted by Gasteiger charge is 2.24. The summed E-state index contributed by atoms with van der Waals surface area (Å²) in [5, 5.41) is 9.49. The quantitative estimate of drug-likeness (QED) is 0.807. The van der Waals surface area contributed by atoms with Gasteiger partial charge in [0.1, 0.15) is 5.82 Å². The molecule has 0 amide bonds. The number of aliphatic hydroxyl groups excluding tert-OH is 1. The van der Waals surface area contributed by atoms with Crippen molar-refractivity contribution >= 4 is 0 Å². The van der Waals surface area contributed by atoms with Crippen molar-refractivity contribution in [1.29, 1.82) is 0 Å². The highest BCUT2D eigenvalue weighted by Crippen LogP contribution is 2.24. The van der Waals surface area contributed by atoms with Crippen LogP contribution in [0.4, 0.5) is 4.39 Å². The SMILES string of the molecule is CCCC(C)(CO)CN(C)Cc1ccccc1F. The molecule has 0 bridgehead atoms. The first-order valence-electron chi connectivity index (χ1n) is 6.53. The number of halogens is 1. The zero-order valence-corrected chi connectivity index (χ0v) is 11.6. The third-order valence-corrected chi connectivity index (χ3v) is 3.29. The van der Waals surface area contributed by atoms with E-state index in [-0.39, 0.29) is 17.8 Å². The van der Waals surface area contributed by atoms with Crippen molar-refractivity contribution < 1.29 is 9.50 Å². The van der Waals surface area contributed by atoms with Crippen molar-refractivity contribution in [2.75, 3.05) is 20.2 Å². The predicted octanol–water partition coefficient (Wildman–Crippen LogP) is 3.06. The van der Waals surface area contributed by atoms with E-state index in [9.17, 15) is 9.50 Å². The number of nitrogens with zero attached hydrogens (tertiary/aromatic N) is 1. The predicted molar refractivity (Wildman–Crippen MR) is 72.8 cm³/mol. The number of hydrogen-bond donors (Lipinski definition) is 1. The van der Waals surface area contributed by atoms with E-state index >= 15 is 0 Å². The molecule has 1 unspecified atom stereocenters. The summed E-state index contributed by atoms with van der Waals surface area (Å²) in [7, 11) is 1.97. The summed E-state index contributed by atoms with van der Waals surface area (Å²) in [6.07, 6.45) is 2.02. The van der Waals surface area contributed by atoms with Crippen LogP contribution in [0, 0.1) is 11.2 Å². The second kappa shape index (κ2) is 6.86. The molecule has 1 aromatic carbocycles. The molecule has 0 saturated heterocycles. The molecule has 3 heteroatoms. The van der Waals surface area contributed by atoms with Crippen LogP contribution < -0.4 is 0 Å². The van der Waals surface area contributed by atoms with E-state index in [0.717, 1.165) is 19.4 Å². The van der Waals surface area contributed by atoms with Crippen LogP contribution in [0.2, 0.25) is 0 Å². The van der Waals surface area contributed by atoms with Crippen molar-refractivity contribution in [1.82, 2.24) is 4.90 Å². The van der Waals surface area contributed by atoms with Crippen LogP contribution in [0.15, 0.2) is 24.3 Å². The summed E-state index contributed by atoms with van der Waals surface area (Å²) in [6.45, 7) is 5.71. The van der Waals surface area contributed by atoms with Gasteiger partial charge in [-0.25, -0.2) is 4.39 Å². The minimum absolute atomic E-state index is 0.102. The van der Waals surface area contributed by atoms with E-state index in [4.69, 9.17) is 0 Å². The summed E-state index contributed by atoms with van der Waals surface area (Å²) in [4.78, 5) is 2.07. The summed E-state index contributed by atoms with van der Waals surface area (Å²) >= 11 is 0. The Labute approximate surface area is 109 Å². The molecule has 0 saturated carbocycles. The Morgan fingerprint density at radius 1 is 1.33 bits per heavy atom. The van der Waals surface area contributed by atoms with Crippen LogP contribution in [0.3, 0.4) is 0 Å². The van der Waals surface area contributed by atoms with Gasteiger partial charge < -0.3 is 10.0 Å². The van der Waals surface area contributed by atoms with Crippen molar-refractivity contribution in [2.24, 2.45) is 5.41 Å². The van der Waals surface area contributed by atoms with Gasteiger partial charge in [-0.3, -0.25) is 0 Å². The average Bonchev–Trinajstić information content (AvgIpc) is 2.32. The van der Waals surface area contributed by atoms with Crippen LogP contribution in [-0.2, 0) is 6.54 Å². The van der Waals surface area contributed by atoms with Crippen LogP contribution in [0.5, 0.6) is 0 Å². The zero-order chi connectivity index (χ0) is 13.6. The van der Waals surface area contributed by atoms with E-state index in [1.54, 1.807) is 6.07 Å². The van der Waals surface area contributed by atoms with Crippen molar-refractivity contribution in [3.8, 4) is 0 Å². The molecule has 0 heterocycles. The van der Waals surface area contributed by atoms with Crippen LogP contribution >= 0.6 is 0 Å². The molecule has 1 rings (SSSR count). The number of hydrogen-bond acceptors (Lipinski definition) is 2. The molecular weight excluding hydrogens is 229 g/mol. The number of rotatable bonds is 7. The van der Waals surface area contributed by atoms with Crippen molar-refractivity contribution in [3.63, 3.8) is 0 Å². The topological polar surface area (TPSA) is 23.5 Å². The molecule has 102 valence electrons. The lowest BCUT2D eigenvalue weighted by Crippen LogP contribution is -2.36. The molecule has 2 nitrogen and oxygen atoms in total. The molecule has 0 fully saturated rings. The van der Waals surface area contributed by atoms with Crippen LogP contribution in [-0.4, -0.2) is 30.2 Å². The van der Waals surface area contributed by atoms with E-state index in [0.29, 0.717) is 12.1 Å². The molecule has 18 heavy (non-hydrogen) atoms. The van der Waals surface area contributed by atoms with Gasteiger partial charge in [0, 0.05) is 30.7 Å². The van der Waals surface area contributed by atoms with Gasteiger partial charge in [0.05, 0.1) is 0 Å². The molecular formula is C15H24FNO. The maximum Gasteiger partial charge on any atom is 0.127 e. The Bertz CT molecular complexity index is 369. The fourth-order valence-corrected chi connectivity index (χ4v) is 2.44. The summed E-state index contributed by atoms with van der Waals surface area (Å²) in [5.41, 5.74) is 0.603. The Morgan fingerprint density at radius 2 is 2.00 bits per heavy atom. The van der Waals surface area contributed by atoms with Crippen LogP contribution in [0.25, 0.3) is 0 Å². The lowest BCUT2D eigenvalue weighted by Gasteiger charge is -2.32. The Morgan fingerprint density at radius 3 is 2.56 bits per heavy atom. The second-order valence-electron chi connectivity index (χ2n) is 5.48. The maximum atomic E-state index is 13.5. The van der Waals surface area contributed by atoms with Gasteiger partial charge in [-0.15, -0.1) is 0 Å². The van der Waals surface area contributed by atoms with Gasteiger partial charge in [-0.2, -0.15) is 0 Å². The van der Waals surface area contributed by atoms with Crippen molar-refractivity contribution in [3.05, 3.63) is 35.6 Å². The normalized spacial score (nSPS) is 14.8. The molecule has 0 aromatic heterocycles. The Hall–Kier alpha value is -0.930.